The Morgan fingerprint density at radius 1 is 0.700 bits per heavy atom. The highest BCUT2D eigenvalue weighted by Crippen LogP contribution is 2.51. The van der Waals surface area contributed by atoms with Crippen LogP contribution in [-0.2, 0) is 32.2 Å². The lowest BCUT2D eigenvalue weighted by molar-refractivity contribution is 0.415. The van der Waals surface area contributed by atoms with E-state index < -0.39 is 0 Å². The molecule has 296 valence electrons. The molecule has 1 unspecified atom stereocenters. The zero-order chi connectivity index (χ0) is 40.6. The van der Waals surface area contributed by atoms with E-state index in [0.29, 0.717) is 0 Å². The summed E-state index contributed by atoms with van der Waals surface area (Å²) in [7, 11) is 3.47. The number of allylic oxidation sites excluding steroid dienone is 5. The minimum atomic E-state index is -0.00202. The molecule has 6 heteroatoms. The Morgan fingerprint density at radius 3 is 1.90 bits per heavy atom. The van der Waals surface area contributed by atoms with E-state index in [0.717, 1.165) is 60.4 Å². The van der Waals surface area contributed by atoms with Gasteiger partial charge in [-0.3, -0.25) is 0 Å². The first-order chi connectivity index (χ1) is 29.4. The normalized spacial score (nSPS) is 15.9. The number of benzene rings is 6. The molecule has 0 saturated heterocycles. The smallest absolute Gasteiger partial charge is 0.123 e. The molecule has 6 aromatic carbocycles. The molecule has 0 spiro atoms. The Hall–Kier alpha value is -6.92. The van der Waals surface area contributed by atoms with Gasteiger partial charge in [-0.25, -0.2) is 0 Å². The van der Waals surface area contributed by atoms with Crippen molar-refractivity contribution in [2.45, 2.75) is 52.2 Å². The van der Waals surface area contributed by atoms with Crippen LogP contribution < -0.4 is 20.5 Å². The van der Waals surface area contributed by atoms with Gasteiger partial charge in [0.05, 0.1) is 30.8 Å². The fourth-order valence-electron chi connectivity index (χ4n) is 10.5. The van der Waals surface area contributed by atoms with Gasteiger partial charge in [0.1, 0.15) is 17.7 Å². The van der Waals surface area contributed by atoms with E-state index in [1.807, 2.05) is 18.2 Å². The number of methoxy groups -OCH3 is 2. The van der Waals surface area contributed by atoms with Crippen molar-refractivity contribution in [2.75, 3.05) is 14.2 Å². The molecule has 2 aromatic heterocycles. The Labute approximate surface area is 350 Å². The minimum Gasteiger partial charge on any atom is -0.497 e. The number of ether oxygens (including phenoxy) is 2. The van der Waals surface area contributed by atoms with Gasteiger partial charge in [0.15, 0.2) is 0 Å². The molecule has 0 radical (unpaired) electrons. The van der Waals surface area contributed by atoms with Crippen molar-refractivity contribution in [2.24, 2.45) is 5.73 Å². The second-order valence-corrected chi connectivity index (χ2v) is 16.6. The van der Waals surface area contributed by atoms with Gasteiger partial charge in [0.2, 0.25) is 0 Å². The zero-order valence-corrected chi connectivity index (χ0v) is 34.6. The van der Waals surface area contributed by atoms with Crippen molar-refractivity contribution in [1.82, 2.24) is 14.5 Å². The summed E-state index contributed by atoms with van der Waals surface area (Å²) in [6.07, 6.45) is 16.5. The average Bonchev–Trinajstić information content (AvgIpc) is 3.78. The molecule has 0 fully saturated rings. The fourth-order valence-corrected chi connectivity index (χ4v) is 10.5. The number of hydrogen-bond acceptors (Lipinski definition) is 4. The molecule has 1 atom stereocenters. The van der Waals surface area contributed by atoms with Crippen molar-refractivity contribution in [3.63, 3.8) is 0 Å². The van der Waals surface area contributed by atoms with Crippen LogP contribution in [0.4, 0.5) is 0 Å². The molecule has 3 N–H and O–H groups in total. The molecule has 0 amide bonds. The van der Waals surface area contributed by atoms with Gasteiger partial charge in [-0.1, -0.05) is 48.0 Å². The predicted octanol–water partition coefficient (Wildman–Crippen LogP) is 12.1. The molecule has 1 aliphatic heterocycles. The number of fused-ring (bicyclic) bond motifs is 8. The van der Waals surface area contributed by atoms with Crippen LogP contribution in [-0.4, -0.2) is 23.4 Å². The molecular weight excluding hydrogens is 737 g/mol. The van der Waals surface area contributed by atoms with Crippen LogP contribution in [0.5, 0.6) is 11.5 Å². The highest BCUT2D eigenvalue weighted by atomic mass is 16.5. The van der Waals surface area contributed by atoms with E-state index in [-0.39, 0.29) is 6.17 Å². The Kier molecular flexibility index (Phi) is 8.52. The maximum absolute atomic E-state index is 5.85. The van der Waals surface area contributed by atoms with E-state index in [4.69, 9.17) is 15.2 Å². The number of aryl methyl sites for hydroxylation is 4. The summed E-state index contributed by atoms with van der Waals surface area (Å²) in [5.41, 5.74) is 27.0. The standard InChI is InChI=1S/C54H48N4O2/c1-32(19-22-55)21-24-57-48-17-13-36(34-7-5-9-40(26-34)59-3)28-44(48)46-30-38-12-16-43-52-39(11-15-42(51(38)52)53(46)57)31-47-45-29-37(35-8-6-10-41(27-35)60-4)14-18-49(45)58(54(43)47)50-25-33(2)20-23-56-50/h5-10,13-14,17-23,25-31,50,56H,11-12,15-16,24,55H2,1-4H3/b22-19-,32-21-. The quantitative estimate of drug-likeness (QED) is 0.151. The summed E-state index contributed by atoms with van der Waals surface area (Å²) in [4.78, 5) is 0. The van der Waals surface area contributed by atoms with Gasteiger partial charge in [0.25, 0.3) is 0 Å². The third-order valence-electron chi connectivity index (χ3n) is 13.2. The number of nitrogens with one attached hydrogen (secondary N) is 1. The minimum absolute atomic E-state index is 0.00202. The number of nitrogens with zero attached hydrogens (tertiary/aromatic N) is 2. The maximum atomic E-state index is 5.85. The fraction of sp³-hybridized carbons (Fsp3) is 0.185. The number of dihydropyridines is 1. The number of nitrogens with two attached hydrogens (primary N) is 1. The molecule has 2 aliphatic carbocycles. The van der Waals surface area contributed by atoms with Gasteiger partial charge in [-0.05, 0) is 192 Å². The Bertz CT molecular complexity index is 3220. The Morgan fingerprint density at radius 2 is 1.28 bits per heavy atom. The molecule has 60 heavy (non-hydrogen) atoms. The van der Waals surface area contributed by atoms with Crippen molar-refractivity contribution >= 4 is 43.6 Å². The van der Waals surface area contributed by atoms with Crippen LogP contribution in [0.2, 0.25) is 0 Å². The summed E-state index contributed by atoms with van der Waals surface area (Å²) >= 11 is 0. The first-order valence-electron chi connectivity index (χ1n) is 21.1. The molecule has 6 nitrogen and oxygen atoms in total. The topological polar surface area (TPSA) is 66.4 Å². The molecule has 3 aliphatic rings. The van der Waals surface area contributed by atoms with E-state index in [1.54, 1.807) is 20.4 Å². The number of rotatable bonds is 8. The molecule has 0 bridgehead atoms. The van der Waals surface area contributed by atoms with Crippen molar-refractivity contribution < 1.29 is 9.47 Å². The third-order valence-corrected chi connectivity index (χ3v) is 13.2. The SMILES string of the molecule is COc1cccc(-c2ccc3c(c2)c2cc4c5c(c2n3C/C=C(C)\C=C/N)CCc2cc3c6cc(-c7cccc(OC)c7)ccc6n(C6C=C(C)C=CN6)c3c(c2-5)CC4)c1. The highest BCUT2D eigenvalue weighted by molar-refractivity contribution is 6.16. The summed E-state index contributed by atoms with van der Waals surface area (Å²) in [6, 6.07) is 35.9. The van der Waals surface area contributed by atoms with Gasteiger partial charge in [-0.2, -0.15) is 0 Å². The second-order valence-electron chi connectivity index (χ2n) is 16.6. The lowest BCUT2D eigenvalue weighted by atomic mass is 9.74. The predicted molar refractivity (Wildman–Crippen MR) is 249 cm³/mol. The van der Waals surface area contributed by atoms with Crippen molar-refractivity contribution in [3.05, 3.63) is 167 Å². The van der Waals surface area contributed by atoms with Crippen LogP contribution in [0.15, 0.2) is 145 Å². The van der Waals surface area contributed by atoms with E-state index in [2.05, 4.69) is 138 Å². The van der Waals surface area contributed by atoms with E-state index in [1.165, 1.54) is 93.7 Å². The number of hydrogen-bond donors (Lipinski definition) is 2. The van der Waals surface area contributed by atoms with E-state index in [9.17, 15) is 0 Å². The zero-order valence-electron chi connectivity index (χ0n) is 34.6. The maximum Gasteiger partial charge on any atom is 0.123 e. The second kappa shape index (κ2) is 14.1. The van der Waals surface area contributed by atoms with Gasteiger partial charge in [-0.15, -0.1) is 0 Å². The third kappa shape index (κ3) is 5.61. The van der Waals surface area contributed by atoms with Crippen LogP contribution >= 0.6 is 0 Å². The van der Waals surface area contributed by atoms with Crippen LogP contribution in [0.25, 0.3) is 77.0 Å². The van der Waals surface area contributed by atoms with Gasteiger partial charge in [0, 0.05) is 33.6 Å². The molecule has 0 saturated carbocycles. The summed E-state index contributed by atoms with van der Waals surface area (Å²) in [5.74, 6) is 1.73. The molecule has 11 rings (SSSR count). The largest absolute Gasteiger partial charge is 0.497 e. The first kappa shape index (κ1) is 36.2. The molecule has 8 aromatic rings. The summed E-state index contributed by atoms with van der Waals surface area (Å²) in [6.45, 7) is 5.08. The van der Waals surface area contributed by atoms with Crippen molar-refractivity contribution in [3.8, 4) is 44.9 Å². The lowest BCUT2D eigenvalue weighted by Gasteiger charge is -2.32. The Balaban J connectivity index is 1.17. The van der Waals surface area contributed by atoms with Crippen molar-refractivity contribution in [1.29, 1.82) is 0 Å². The van der Waals surface area contributed by atoms with Gasteiger partial charge < -0.3 is 29.7 Å². The summed E-state index contributed by atoms with van der Waals surface area (Å²) < 4.78 is 16.4. The first-order valence-corrected chi connectivity index (χ1v) is 21.1. The summed E-state index contributed by atoms with van der Waals surface area (Å²) in [5, 5.41) is 8.99. The van der Waals surface area contributed by atoms with Gasteiger partial charge >= 0.3 is 0 Å². The monoisotopic (exact) mass is 784 g/mol. The van der Waals surface area contributed by atoms with Crippen LogP contribution in [0, 0.1) is 0 Å². The number of aromatic nitrogens is 2. The lowest BCUT2D eigenvalue weighted by Crippen LogP contribution is -2.24. The van der Waals surface area contributed by atoms with E-state index >= 15 is 0 Å². The highest BCUT2D eigenvalue weighted by Gasteiger charge is 2.33. The van der Waals surface area contributed by atoms with Crippen LogP contribution in [0.3, 0.4) is 0 Å². The molecular formula is C54H48N4O2. The average molecular weight is 785 g/mol. The van der Waals surface area contributed by atoms with Crippen LogP contribution in [0.1, 0.15) is 42.3 Å². The molecule has 3 heterocycles.